The zero-order valence-electron chi connectivity index (χ0n) is 9.35. The molecule has 1 N–H and O–H groups in total. The minimum Gasteiger partial charge on any atom is -0.481 e. The molecule has 0 atom stereocenters. The minimum atomic E-state index is 0.554. The number of rotatable bonds is 4. The summed E-state index contributed by atoms with van der Waals surface area (Å²) in [5.41, 5.74) is 1.17. The van der Waals surface area contributed by atoms with Crippen LogP contribution in [-0.4, -0.2) is 17.1 Å². The van der Waals surface area contributed by atoms with Crippen molar-refractivity contribution in [3.63, 3.8) is 0 Å². The van der Waals surface area contributed by atoms with Crippen LogP contribution in [-0.2, 0) is 6.54 Å². The quantitative estimate of drug-likeness (QED) is 0.942. The van der Waals surface area contributed by atoms with Gasteiger partial charge in [0.15, 0.2) is 0 Å². The Bertz CT molecular complexity index is 487. The van der Waals surface area contributed by atoms with Gasteiger partial charge in [-0.25, -0.2) is 4.98 Å². The van der Waals surface area contributed by atoms with Crippen molar-refractivity contribution < 1.29 is 4.74 Å². The second-order valence-corrected chi connectivity index (χ2v) is 4.32. The van der Waals surface area contributed by atoms with Gasteiger partial charge >= 0.3 is 0 Å². The summed E-state index contributed by atoms with van der Waals surface area (Å²) in [6, 6.07) is 9.80. The third-order valence-corrected chi connectivity index (χ3v) is 2.73. The van der Waals surface area contributed by atoms with Crippen LogP contribution in [0.3, 0.4) is 0 Å². The number of hydrogen-bond donors (Lipinski definition) is 1. The van der Waals surface area contributed by atoms with Crippen molar-refractivity contribution in [2.45, 2.75) is 6.54 Å². The van der Waals surface area contributed by atoms with Gasteiger partial charge in [0.05, 0.1) is 7.11 Å². The number of ether oxygens (including phenoxy) is 1. The fourth-order valence-electron chi connectivity index (χ4n) is 1.32. The van der Waals surface area contributed by atoms with E-state index >= 15 is 0 Å². The van der Waals surface area contributed by atoms with E-state index in [-0.39, 0.29) is 0 Å². The lowest BCUT2D eigenvalue weighted by atomic mass is 10.2. The van der Waals surface area contributed by atoms with Gasteiger partial charge in [0.25, 0.3) is 0 Å². The van der Waals surface area contributed by atoms with Gasteiger partial charge in [-0.2, -0.15) is 4.98 Å². The van der Waals surface area contributed by atoms with Crippen molar-refractivity contribution in [1.29, 1.82) is 0 Å². The van der Waals surface area contributed by atoms with Crippen molar-refractivity contribution in [2.75, 3.05) is 12.4 Å². The zero-order valence-corrected chi connectivity index (χ0v) is 10.9. The van der Waals surface area contributed by atoms with Crippen LogP contribution in [0, 0.1) is 0 Å². The van der Waals surface area contributed by atoms with E-state index < -0.39 is 0 Å². The molecule has 1 aromatic heterocycles. The first kappa shape index (κ1) is 11.9. The lowest BCUT2D eigenvalue weighted by Crippen LogP contribution is -2.03. The highest BCUT2D eigenvalue weighted by molar-refractivity contribution is 9.10. The van der Waals surface area contributed by atoms with Crippen LogP contribution < -0.4 is 10.1 Å². The average molecular weight is 294 g/mol. The molecule has 5 heteroatoms. The maximum absolute atomic E-state index is 5.03. The van der Waals surface area contributed by atoms with Gasteiger partial charge in [0.1, 0.15) is 0 Å². The van der Waals surface area contributed by atoms with E-state index in [9.17, 15) is 0 Å². The average Bonchev–Trinajstić information content (AvgIpc) is 2.38. The van der Waals surface area contributed by atoms with Crippen LogP contribution >= 0.6 is 15.9 Å². The first-order chi connectivity index (χ1) is 8.28. The monoisotopic (exact) mass is 293 g/mol. The molecule has 0 aliphatic carbocycles. The predicted octanol–water partition coefficient (Wildman–Crippen LogP) is 2.86. The molecule has 17 heavy (non-hydrogen) atoms. The second kappa shape index (κ2) is 5.63. The molecule has 0 saturated carbocycles. The van der Waals surface area contributed by atoms with Gasteiger partial charge in [-0.05, 0) is 17.7 Å². The number of nitrogens with zero attached hydrogens (tertiary/aromatic N) is 2. The first-order valence-electron chi connectivity index (χ1n) is 5.13. The molecule has 0 unspecified atom stereocenters. The van der Waals surface area contributed by atoms with Gasteiger partial charge in [-0.15, -0.1) is 0 Å². The van der Waals surface area contributed by atoms with Crippen molar-refractivity contribution in [3.05, 3.63) is 46.6 Å². The number of benzene rings is 1. The zero-order chi connectivity index (χ0) is 12.1. The van der Waals surface area contributed by atoms with Crippen molar-refractivity contribution in [1.82, 2.24) is 9.97 Å². The molecule has 4 nitrogen and oxygen atoms in total. The minimum absolute atomic E-state index is 0.554. The van der Waals surface area contributed by atoms with Crippen molar-refractivity contribution >= 4 is 21.9 Å². The standard InChI is InChI=1S/C12H12BrN3O/c1-17-11-6-7-14-12(16-11)15-8-9-2-4-10(13)5-3-9/h2-7H,8H2,1H3,(H,14,15,16). The van der Waals surface area contributed by atoms with Crippen molar-refractivity contribution in [3.8, 4) is 5.88 Å². The molecule has 0 saturated heterocycles. The second-order valence-electron chi connectivity index (χ2n) is 3.40. The van der Waals surface area contributed by atoms with Crippen LogP contribution in [0.4, 0.5) is 5.95 Å². The van der Waals surface area contributed by atoms with Gasteiger partial charge < -0.3 is 10.1 Å². The van der Waals surface area contributed by atoms with Crippen LogP contribution in [0.1, 0.15) is 5.56 Å². The fourth-order valence-corrected chi connectivity index (χ4v) is 1.59. The summed E-state index contributed by atoms with van der Waals surface area (Å²) in [4.78, 5) is 8.28. The summed E-state index contributed by atoms with van der Waals surface area (Å²) in [6.45, 7) is 0.681. The Balaban J connectivity index is 1.99. The molecule has 0 amide bonds. The van der Waals surface area contributed by atoms with Gasteiger partial charge in [0, 0.05) is 23.3 Å². The van der Waals surface area contributed by atoms with Crippen LogP contribution in [0.2, 0.25) is 0 Å². The maximum Gasteiger partial charge on any atom is 0.226 e. The molecule has 1 aromatic carbocycles. The summed E-state index contributed by atoms with van der Waals surface area (Å²) < 4.78 is 6.09. The Morgan fingerprint density at radius 1 is 1.24 bits per heavy atom. The molecule has 0 spiro atoms. The highest BCUT2D eigenvalue weighted by Crippen LogP contribution is 2.12. The van der Waals surface area contributed by atoms with E-state index in [1.165, 1.54) is 5.56 Å². The lowest BCUT2D eigenvalue weighted by molar-refractivity contribution is 0.397. The third kappa shape index (κ3) is 3.42. The number of methoxy groups -OCH3 is 1. The molecule has 2 aromatic rings. The van der Waals surface area contributed by atoms with Crippen LogP contribution in [0.5, 0.6) is 5.88 Å². The molecule has 1 heterocycles. The maximum atomic E-state index is 5.03. The normalized spacial score (nSPS) is 10.0. The topological polar surface area (TPSA) is 47.0 Å². The molecule has 88 valence electrons. The summed E-state index contributed by atoms with van der Waals surface area (Å²) in [5, 5.41) is 3.14. The predicted molar refractivity (Wildman–Crippen MR) is 70.1 cm³/mol. The van der Waals surface area contributed by atoms with Gasteiger partial charge in [-0.1, -0.05) is 28.1 Å². The third-order valence-electron chi connectivity index (χ3n) is 2.20. The van der Waals surface area contributed by atoms with Crippen LogP contribution in [0.15, 0.2) is 41.0 Å². The fraction of sp³-hybridized carbons (Fsp3) is 0.167. The number of halogens is 1. The Morgan fingerprint density at radius 3 is 2.71 bits per heavy atom. The van der Waals surface area contributed by atoms with E-state index in [0.29, 0.717) is 18.4 Å². The SMILES string of the molecule is COc1ccnc(NCc2ccc(Br)cc2)n1. The Kier molecular flexibility index (Phi) is 3.93. The molecular weight excluding hydrogens is 282 g/mol. The van der Waals surface area contributed by atoms with E-state index in [0.717, 1.165) is 4.47 Å². The molecular formula is C12H12BrN3O. The van der Waals surface area contributed by atoms with Crippen LogP contribution in [0.25, 0.3) is 0 Å². The molecule has 0 aliphatic rings. The number of anilines is 1. The Morgan fingerprint density at radius 2 is 2.00 bits per heavy atom. The van der Waals surface area contributed by atoms with Crippen molar-refractivity contribution in [2.24, 2.45) is 0 Å². The lowest BCUT2D eigenvalue weighted by Gasteiger charge is -2.05. The molecule has 0 bridgehead atoms. The largest absolute Gasteiger partial charge is 0.481 e. The smallest absolute Gasteiger partial charge is 0.226 e. The first-order valence-corrected chi connectivity index (χ1v) is 5.92. The molecule has 0 radical (unpaired) electrons. The molecule has 2 rings (SSSR count). The Hall–Kier alpha value is -1.62. The molecule has 0 aliphatic heterocycles. The van der Waals surface area contributed by atoms with E-state index in [1.807, 2.05) is 24.3 Å². The van der Waals surface area contributed by atoms with Gasteiger partial charge in [0.2, 0.25) is 11.8 Å². The highest BCUT2D eigenvalue weighted by Gasteiger charge is 1.99. The van der Waals surface area contributed by atoms with E-state index in [4.69, 9.17) is 4.74 Å². The number of nitrogens with one attached hydrogen (secondary N) is 1. The molecule has 0 fully saturated rings. The van der Waals surface area contributed by atoms with Gasteiger partial charge in [-0.3, -0.25) is 0 Å². The number of aromatic nitrogens is 2. The van der Waals surface area contributed by atoms with E-state index in [2.05, 4.69) is 31.2 Å². The summed E-state index contributed by atoms with van der Waals surface area (Å²) in [7, 11) is 1.58. The van der Waals surface area contributed by atoms with E-state index in [1.54, 1.807) is 19.4 Å². The number of hydrogen-bond acceptors (Lipinski definition) is 4. The summed E-state index contributed by atoms with van der Waals surface area (Å²) >= 11 is 3.40. The summed E-state index contributed by atoms with van der Waals surface area (Å²) in [6.07, 6.45) is 1.66. The Labute approximate surface area is 108 Å². The summed E-state index contributed by atoms with van der Waals surface area (Å²) in [5.74, 6) is 1.12. The highest BCUT2D eigenvalue weighted by atomic mass is 79.9.